The lowest BCUT2D eigenvalue weighted by Crippen LogP contribution is -2.13. The van der Waals surface area contributed by atoms with Crippen LogP contribution in [-0.4, -0.2) is 44.6 Å². The molecule has 0 aliphatic heterocycles. The third-order valence-electron chi connectivity index (χ3n) is 1.64. The van der Waals surface area contributed by atoms with Crippen molar-refractivity contribution in [3.8, 4) is 0 Å². The molecule has 0 unspecified atom stereocenters. The summed E-state index contributed by atoms with van der Waals surface area (Å²) in [5.74, 6) is 0. The first kappa shape index (κ1) is 12.3. The van der Waals surface area contributed by atoms with Crippen LogP contribution in [0, 0.1) is 0 Å². The Morgan fingerprint density at radius 1 is 1.08 bits per heavy atom. The molecule has 0 aromatic rings. The quantitative estimate of drug-likeness (QED) is 0.438. The van der Waals surface area contributed by atoms with E-state index in [0.29, 0.717) is 0 Å². The first-order valence-corrected chi connectivity index (χ1v) is 5.00. The fraction of sp³-hybridized carbons (Fsp3) is 0.900. The van der Waals surface area contributed by atoms with E-state index < -0.39 is 0 Å². The zero-order valence-corrected chi connectivity index (χ0v) is 9.08. The Kier molecular flexibility index (Phi) is 8.95. The van der Waals surface area contributed by atoms with Crippen molar-refractivity contribution in [1.82, 2.24) is 4.90 Å². The van der Waals surface area contributed by atoms with E-state index in [0.717, 1.165) is 32.5 Å². The Morgan fingerprint density at radius 2 is 1.69 bits per heavy atom. The standard InChI is InChI=1S/C10H21N3/c1-4-5-7-11-10-12-8-6-9-13(2)3/h4-9H2,1-3H3. The van der Waals surface area contributed by atoms with Gasteiger partial charge in [0.1, 0.15) is 0 Å². The van der Waals surface area contributed by atoms with E-state index in [-0.39, 0.29) is 0 Å². The molecule has 0 aliphatic rings. The summed E-state index contributed by atoms with van der Waals surface area (Å²) in [6.45, 7) is 4.95. The summed E-state index contributed by atoms with van der Waals surface area (Å²) in [6, 6.07) is 2.73. The van der Waals surface area contributed by atoms with Crippen LogP contribution in [0.4, 0.5) is 0 Å². The topological polar surface area (TPSA) is 28.0 Å². The average molecular weight is 183 g/mol. The van der Waals surface area contributed by atoms with Gasteiger partial charge in [-0.2, -0.15) is 0 Å². The Morgan fingerprint density at radius 3 is 2.23 bits per heavy atom. The van der Waals surface area contributed by atoms with Crippen LogP contribution in [0.1, 0.15) is 26.2 Å². The SMILES string of the molecule is CCCCN=C=NCCCN(C)C. The lowest BCUT2D eigenvalue weighted by atomic mass is 10.3. The first-order valence-electron chi connectivity index (χ1n) is 5.00. The molecule has 0 saturated carbocycles. The summed E-state index contributed by atoms with van der Waals surface area (Å²) in [7, 11) is 4.14. The fourth-order valence-corrected chi connectivity index (χ4v) is 0.853. The number of rotatable bonds is 7. The van der Waals surface area contributed by atoms with Crippen molar-refractivity contribution in [2.45, 2.75) is 26.2 Å². The van der Waals surface area contributed by atoms with Gasteiger partial charge in [0.05, 0.1) is 12.6 Å². The first-order chi connectivity index (χ1) is 6.27. The van der Waals surface area contributed by atoms with Crippen molar-refractivity contribution in [2.75, 3.05) is 33.7 Å². The summed E-state index contributed by atoms with van der Waals surface area (Å²) in [6.07, 6.45) is 3.41. The molecule has 0 N–H and O–H groups in total. The second-order valence-corrected chi connectivity index (χ2v) is 3.37. The highest BCUT2D eigenvalue weighted by Gasteiger charge is 1.86. The molecule has 0 saturated heterocycles. The maximum atomic E-state index is 4.07. The molecular formula is C10H21N3. The van der Waals surface area contributed by atoms with Gasteiger partial charge >= 0.3 is 0 Å². The smallest absolute Gasteiger partial charge is 0.0892 e. The summed E-state index contributed by atoms with van der Waals surface area (Å²) in [5.41, 5.74) is 0. The Bertz CT molecular complexity index is 158. The van der Waals surface area contributed by atoms with Gasteiger partial charge in [-0.25, -0.2) is 9.98 Å². The van der Waals surface area contributed by atoms with Gasteiger partial charge in [-0.05, 0) is 33.5 Å². The maximum Gasteiger partial charge on any atom is 0.0892 e. The molecule has 3 heteroatoms. The van der Waals surface area contributed by atoms with Crippen molar-refractivity contribution in [3.05, 3.63) is 0 Å². The van der Waals surface area contributed by atoms with E-state index in [9.17, 15) is 0 Å². The summed E-state index contributed by atoms with van der Waals surface area (Å²) < 4.78 is 0. The Balaban J connectivity index is 3.24. The third-order valence-corrected chi connectivity index (χ3v) is 1.64. The predicted molar refractivity (Wildman–Crippen MR) is 57.7 cm³/mol. The fourth-order valence-electron chi connectivity index (χ4n) is 0.853. The molecule has 0 amide bonds. The molecule has 13 heavy (non-hydrogen) atoms. The largest absolute Gasteiger partial charge is 0.309 e. The van der Waals surface area contributed by atoms with Gasteiger partial charge in [0.2, 0.25) is 0 Å². The number of aliphatic imine (C=N–C) groups is 2. The normalized spacial score (nSPS) is 9.85. The van der Waals surface area contributed by atoms with E-state index >= 15 is 0 Å². The molecule has 0 aliphatic carbocycles. The second kappa shape index (κ2) is 9.43. The zero-order valence-electron chi connectivity index (χ0n) is 9.08. The van der Waals surface area contributed by atoms with Gasteiger partial charge in [0, 0.05) is 6.54 Å². The molecule has 0 bridgehead atoms. The lowest BCUT2D eigenvalue weighted by molar-refractivity contribution is 0.403. The number of hydrogen-bond donors (Lipinski definition) is 0. The van der Waals surface area contributed by atoms with Crippen molar-refractivity contribution >= 4 is 6.01 Å². The van der Waals surface area contributed by atoms with Crippen molar-refractivity contribution < 1.29 is 0 Å². The molecule has 0 radical (unpaired) electrons. The van der Waals surface area contributed by atoms with E-state index in [2.05, 4.69) is 41.9 Å². The van der Waals surface area contributed by atoms with Gasteiger partial charge < -0.3 is 4.90 Å². The third kappa shape index (κ3) is 11.3. The average Bonchev–Trinajstić information content (AvgIpc) is 2.09. The van der Waals surface area contributed by atoms with E-state index in [1.807, 2.05) is 0 Å². The van der Waals surface area contributed by atoms with Gasteiger partial charge in [0.25, 0.3) is 0 Å². The molecule has 0 rings (SSSR count). The molecular weight excluding hydrogens is 162 g/mol. The van der Waals surface area contributed by atoms with E-state index in [4.69, 9.17) is 0 Å². The predicted octanol–water partition coefficient (Wildman–Crippen LogP) is 1.91. The molecule has 0 fully saturated rings. The van der Waals surface area contributed by atoms with Crippen LogP contribution in [-0.2, 0) is 0 Å². The highest BCUT2D eigenvalue weighted by molar-refractivity contribution is 5.40. The minimum Gasteiger partial charge on any atom is -0.309 e. The minimum absolute atomic E-state index is 0.841. The van der Waals surface area contributed by atoms with Gasteiger partial charge in [-0.3, -0.25) is 0 Å². The molecule has 0 aromatic carbocycles. The van der Waals surface area contributed by atoms with Crippen LogP contribution >= 0.6 is 0 Å². The minimum atomic E-state index is 0.841. The van der Waals surface area contributed by atoms with Crippen LogP contribution in [0.3, 0.4) is 0 Å². The van der Waals surface area contributed by atoms with Gasteiger partial charge in [-0.1, -0.05) is 13.3 Å². The molecule has 0 atom stereocenters. The van der Waals surface area contributed by atoms with Crippen LogP contribution in [0.15, 0.2) is 9.98 Å². The summed E-state index contributed by atoms with van der Waals surface area (Å²) >= 11 is 0. The monoisotopic (exact) mass is 183 g/mol. The molecule has 3 nitrogen and oxygen atoms in total. The van der Waals surface area contributed by atoms with Gasteiger partial charge in [0.15, 0.2) is 0 Å². The van der Waals surface area contributed by atoms with Crippen molar-refractivity contribution in [2.24, 2.45) is 9.98 Å². The Labute approximate surface area is 81.6 Å². The van der Waals surface area contributed by atoms with Crippen LogP contribution in [0.25, 0.3) is 0 Å². The van der Waals surface area contributed by atoms with Gasteiger partial charge in [-0.15, -0.1) is 0 Å². The maximum absolute atomic E-state index is 4.07. The van der Waals surface area contributed by atoms with Crippen LogP contribution in [0.5, 0.6) is 0 Å². The summed E-state index contributed by atoms with van der Waals surface area (Å²) in [4.78, 5) is 10.3. The van der Waals surface area contributed by atoms with Crippen LogP contribution < -0.4 is 0 Å². The van der Waals surface area contributed by atoms with Crippen molar-refractivity contribution in [1.29, 1.82) is 0 Å². The second-order valence-electron chi connectivity index (χ2n) is 3.37. The van der Waals surface area contributed by atoms with E-state index in [1.54, 1.807) is 0 Å². The number of hydrogen-bond acceptors (Lipinski definition) is 3. The number of nitrogens with zero attached hydrogens (tertiary/aromatic N) is 3. The molecule has 0 aromatic heterocycles. The highest BCUT2D eigenvalue weighted by Crippen LogP contribution is 1.85. The lowest BCUT2D eigenvalue weighted by Gasteiger charge is -2.05. The van der Waals surface area contributed by atoms with Crippen molar-refractivity contribution in [3.63, 3.8) is 0 Å². The molecule has 0 heterocycles. The van der Waals surface area contributed by atoms with E-state index in [1.165, 1.54) is 6.42 Å². The highest BCUT2D eigenvalue weighted by atomic mass is 15.0. The number of unbranched alkanes of at least 4 members (excludes halogenated alkanes) is 1. The van der Waals surface area contributed by atoms with Crippen LogP contribution in [0.2, 0.25) is 0 Å². The molecule has 76 valence electrons. The summed E-state index contributed by atoms with van der Waals surface area (Å²) in [5, 5.41) is 0. The zero-order chi connectivity index (χ0) is 9.94. The Hall–Kier alpha value is -0.660. The molecule has 0 spiro atoms.